The van der Waals surface area contributed by atoms with Crippen molar-refractivity contribution in [3.8, 4) is 5.75 Å². The smallest absolute Gasteiger partial charge is 0.145 e. The molecule has 1 aromatic carbocycles. The Labute approximate surface area is 97.4 Å². The second kappa shape index (κ2) is 4.74. The number of nitrogens with one attached hydrogen (secondary N) is 1. The summed E-state index contributed by atoms with van der Waals surface area (Å²) in [5.41, 5.74) is 3.75. The Hall–Kier alpha value is -1.22. The van der Waals surface area contributed by atoms with Crippen molar-refractivity contribution in [3.05, 3.63) is 23.3 Å². The first-order valence-corrected chi connectivity index (χ1v) is 5.83. The number of anilines is 1. The molecule has 1 aromatic rings. The highest BCUT2D eigenvalue weighted by atomic mass is 16.5. The van der Waals surface area contributed by atoms with Gasteiger partial charge in [0.2, 0.25) is 0 Å². The van der Waals surface area contributed by atoms with Gasteiger partial charge >= 0.3 is 0 Å². The molecule has 0 amide bonds. The monoisotopic (exact) mass is 220 g/mol. The molecule has 1 saturated heterocycles. The van der Waals surface area contributed by atoms with Crippen LogP contribution >= 0.6 is 0 Å². The first kappa shape index (κ1) is 11.3. The maximum Gasteiger partial charge on any atom is 0.145 e. The maximum atomic E-state index is 5.52. The summed E-state index contributed by atoms with van der Waals surface area (Å²) in [6.07, 6.45) is 0. The first-order chi connectivity index (χ1) is 7.72. The van der Waals surface area contributed by atoms with E-state index in [4.69, 9.17) is 4.74 Å². The molecule has 0 radical (unpaired) electrons. The number of aryl methyl sites for hydroxylation is 2. The van der Waals surface area contributed by atoms with Crippen LogP contribution in [0, 0.1) is 13.8 Å². The predicted molar refractivity (Wildman–Crippen MR) is 67.6 cm³/mol. The molecule has 1 aliphatic rings. The molecule has 0 saturated carbocycles. The fraction of sp³-hybridized carbons (Fsp3) is 0.538. The molecular weight excluding hydrogens is 200 g/mol. The lowest BCUT2D eigenvalue weighted by atomic mass is 10.1. The van der Waals surface area contributed by atoms with Gasteiger partial charge in [0.05, 0.1) is 12.8 Å². The summed E-state index contributed by atoms with van der Waals surface area (Å²) in [7, 11) is 1.75. The highest BCUT2D eigenvalue weighted by Gasteiger charge is 2.16. The lowest BCUT2D eigenvalue weighted by molar-refractivity contribution is 0.410. The zero-order chi connectivity index (χ0) is 11.5. The summed E-state index contributed by atoms with van der Waals surface area (Å²) in [4.78, 5) is 2.40. The summed E-state index contributed by atoms with van der Waals surface area (Å²) in [5.74, 6) is 1.02. The molecule has 0 unspecified atom stereocenters. The third-order valence-electron chi connectivity index (χ3n) is 3.06. The third kappa shape index (κ3) is 2.14. The van der Waals surface area contributed by atoms with Crippen molar-refractivity contribution >= 4 is 5.69 Å². The molecule has 0 aromatic heterocycles. The average Bonchev–Trinajstić information content (AvgIpc) is 2.29. The van der Waals surface area contributed by atoms with Gasteiger partial charge in [-0.1, -0.05) is 6.07 Å². The summed E-state index contributed by atoms with van der Waals surface area (Å²) < 4.78 is 5.52. The Morgan fingerprint density at radius 2 is 1.88 bits per heavy atom. The molecule has 3 nitrogen and oxygen atoms in total. The van der Waals surface area contributed by atoms with E-state index in [1.165, 1.54) is 16.8 Å². The normalized spacial score (nSPS) is 16.3. The molecule has 3 heteroatoms. The highest BCUT2D eigenvalue weighted by molar-refractivity contribution is 5.63. The van der Waals surface area contributed by atoms with Gasteiger partial charge < -0.3 is 15.0 Å². The number of hydrogen-bond acceptors (Lipinski definition) is 3. The van der Waals surface area contributed by atoms with Crippen molar-refractivity contribution in [2.75, 3.05) is 38.2 Å². The average molecular weight is 220 g/mol. The van der Waals surface area contributed by atoms with Gasteiger partial charge in [-0.15, -0.1) is 0 Å². The van der Waals surface area contributed by atoms with Crippen LogP contribution in [-0.2, 0) is 0 Å². The Morgan fingerprint density at radius 3 is 2.50 bits per heavy atom. The molecule has 1 heterocycles. The van der Waals surface area contributed by atoms with E-state index in [9.17, 15) is 0 Å². The number of methoxy groups -OCH3 is 1. The van der Waals surface area contributed by atoms with E-state index in [1.807, 2.05) is 0 Å². The lowest BCUT2D eigenvalue weighted by Gasteiger charge is -2.31. The number of rotatable bonds is 2. The summed E-state index contributed by atoms with van der Waals surface area (Å²) in [6.45, 7) is 8.46. The molecule has 1 fully saturated rings. The van der Waals surface area contributed by atoms with Crippen LogP contribution in [0.5, 0.6) is 5.75 Å². The molecule has 1 N–H and O–H groups in total. The summed E-state index contributed by atoms with van der Waals surface area (Å²) >= 11 is 0. The van der Waals surface area contributed by atoms with Gasteiger partial charge in [-0.3, -0.25) is 0 Å². The Morgan fingerprint density at radius 1 is 1.19 bits per heavy atom. The van der Waals surface area contributed by atoms with Crippen molar-refractivity contribution in [2.24, 2.45) is 0 Å². The highest BCUT2D eigenvalue weighted by Crippen LogP contribution is 2.33. The van der Waals surface area contributed by atoms with Crippen LogP contribution in [0.3, 0.4) is 0 Å². The summed E-state index contributed by atoms with van der Waals surface area (Å²) in [6, 6.07) is 4.39. The molecular formula is C13H20N2O. The number of nitrogens with zero attached hydrogens (tertiary/aromatic N) is 1. The largest absolute Gasteiger partial charge is 0.494 e. The predicted octanol–water partition coefficient (Wildman–Crippen LogP) is 1.72. The zero-order valence-corrected chi connectivity index (χ0v) is 10.3. The molecule has 0 aliphatic carbocycles. The molecule has 2 rings (SSSR count). The van der Waals surface area contributed by atoms with Crippen LogP contribution in [0.2, 0.25) is 0 Å². The number of ether oxygens (including phenoxy) is 1. The second-order valence-electron chi connectivity index (χ2n) is 4.37. The Bertz CT molecular complexity index is 370. The van der Waals surface area contributed by atoms with Crippen LogP contribution in [0.25, 0.3) is 0 Å². The van der Waals surface area contributed by atoms with E-state index in [2.05, 4.69) is 36.2 Å². The van der Waals surface area contributed by atoms with Gasteiger partial charge in [0.1, 0.15) is 5.75 Å². The number of piperazine rings is 1. The van der Waals surface area contributed by atoms with E-state index in [1.54, 1.807) is 7.11 Å². The Kier molecular flexibility index (Phi) is 3.34. The minimum absolute atomic E-state index is 1.02. The lowest BCUT2D eigenvalue weighted by Crippen LogP contribution is -2.43. The first-order valence-electron chi connectivity index (χ1n) is 5.83. The van der Waals surface area contributed by atoms with Crippen LogP contribution < -0.4 is 15.0 Å². The van der Waals surface area contributed by atoms with Gasteiger partial charge in [-0.25, -0.2) is 0 Å². The minimum Gasteiger partial charge on any atom is -0.494 e. The Balaban J connectivity index is 2.36. The molecule has 0 spiro atoms. The molecule has 1 aliphatic heterocycles. The molecule has 0 atom stereocenters. The third-order valence-corrected chi connectivity index (χ3v) is 3.06. The number of benzene rings is 1. The van der Waals surface area contributed by atoms with Crippen LogP contribution in [0.4, 0.5) is 5.69 Å². The quantitative estimate of drug-likeness (QED) is 0.821. The van der Waals surface area contributed by atoms with E-state index in [0.717, 1.165) is 31.9 Å². The van der Waals surface area contributed by atoms with Crippen molar-refractivity contribution < 1.29 is 4.74 Å². The minimum atomic E-state index is 1.02. The van der Waals surface area contributed by atoms with Crippen LogP contribution in [-0.4, -0.2) is 33.3 Å². The van der Waals surface area contributed by atoms with Crippen LogP contribution in [0.1, 0.15) is 11.1 Å². The fourth-order valence-electron chi connectivity index (χ4n) is 2.34. The molecule has 16 heavy (non-hydrogen) atoms. The fourth-order valence-corrected chi connectivity index (χ4v) is 2.34. The van der Waals surface area contributed by atoms with Gasteiger partial charge in [0, 0.05) is 26.2 Å². The molecule has 0 bridgehead atoms. The van der Waals surface area contributed by atoms with Crippen molar-refractivity contribution in [1.82, 2.24) is 5.32 Å². The van der Waals surface area contributed by atoms with E-state index in [0.29, 0.717) is 0 Å². The zero-order valence-electron chi connectivity index (χ0n) is 10.3. The maximum absolute atomic E-state index is 5.52. The standard InChI is InChI=1S/C13H20N2O/c1-10-8-11(2)13(16-3)12(9-10)15-6-4-14-5-7-15/h8-9,14H,4-7H2,1-3H3. The topological polar surface area (TPSA) is 24.5 Å². The van der Waals surface area contributed by atoms with Crippen molar-refractivity contribution in [1.29, 1.82) is 0 Å². The van der Waals surface area contributed by atoms with Gasteiger partial charge in [-0.2, -0.15) is 0 Å². The van der Waals surface area contributed by atoms with Crippen molar-refractivity contribution in [2.45, 2.75) is 13.8 Å². The van der Waals surface area contributed by atoms with E-state index in [-0.39, 0.29) is 0 Å². The molecule has 88 valence electrons. The van der Waals surface area contributed by atoms with Gasteiger partial charge in [0.25, 0.3) is 0 Å². The second-order valence-corrected chi connectivity index (χ2v) is 4.37. The van der Waals surface area contributed by atoms with Crippen LogP contribution in [0.15, 0.2) is 12.1 Å². The number of hydrogen-bond donors (Lipinski definition) is 1. The van der Waals surface area contributed by atoms with Gasteiger partial charge in [0.15, 0.2) is 0 Å². The van der Waals surface area contributed by atoms with Gasteiger partial charge in [-0.05, 0) is 31.0 Å². The summed E-state index contributed by atoms with van der Waals surface area (Å²) in [5, 5.41) is 3.37. The van der Waals surface area contributed by atoms with E-state index >= 15 is 0 Å². The SMILES string of the molecule is COc1c(C)cc(C)cc1N1CCNCC1. The van der Waals surface area contributed by atoms with Crippen molar-refractivity contribution in [3.63, 3.8) is 0 Å². The van der Waals surface area contributed by atoms with E-state index < -0.39 is 0 Å².